The molecule has 2 atom stereocenters. The largest absolute Gasteiger partial charge is 0.311 e. The molecule has 1 fully saturated rings. The van der Waals surface area contributed by atoms with Gasteiger partial charge in [0.2, 0.25) is 0 Å². The summed E-state index contributed by atoms with van der Waals surface area (Å²) in [4.78, 5) is 10.6. The van der Waals surface area contributed by atoms with Gasteiger partial charge < -0.3 is 14.4 Å². The van der Waals surface area contributed by atoms with Crippen LogP contribution in [0.4, 0.5) is 34.1 Å². The molecule has 0 amide bonds. The molecule has 0 aliphatic carbocycles. The number of hydrogen-bond donors (Lipinski definition) is 2. The first-order valence-corrected chi connectivity index (χ1v) is 23.1. The van der Waals surface area contributed by atoms with Gasteiger partial charge in [0.1, 0.15) is 6.17 Å². The van der Waals surface area contributed by atoms with Crippen LogP contribution in [0.1, 0.15) is 23.5 Å². The average molecular weight is 878 g/mol. The molecule has 0 saturated carbocycles. The van der Waals surface area contributed by atoms with Crippen molar-refractivity contribution < 1.29 is 4.84 Å². The molecule has 2 unspecified atom stereocenters. The summed E-state index contributed by atoms with van der Waals surface area (Å²) in [5.74, 6) is 0. The summed E-state index contributed by atoms with van der Waals surface area (Å²) >= 11 is 0. The monoisotopic (exact) mass is 877 g/mol. The fourth-order valence-electron chi connectivity index (χ4n) is 9.60. The van der Waals surface area contributed by atoms with Crippen LogP contribution >= 0.6 is 0 Å². The Labute approximate surface area is 396 Å². The van der Waals surface area contributed by atoms with E-state index in [9.17, 15) is 0 Å². The Bertz CT molecular complexity index is 3190. The van der Waals surface area contributed by atoms with Gasteiger partial charge in [0.25, 0.3) is 0 Å². The highest BCUT2D eigenvalue weighted by Gasteiger charge is 2.27. The van der Waals surface area contributed by atoms with Crippen LogP contribution in [0.2, 0.25) is 0 Å². The molecule has 1 aromatic heterocycles. The number of fused-ring (bicyclic) bond motifs is 3. The van der Waals surface area contributed by atoms with Gasteiger partial charge in [0.05, 0.1) is 11.0 Å². The van der Waals surface area contributed by atoms with Crippen molar-refractivity contribution in [3.05, 3.63) is 272 Å². The maximum Gasteiger partial charge on any atom is 0.156 e. The van der Waals surface area contributed by atoms with E-state index in [-0.39, 0.29) is 12.4 Å². The van der Waals surface area contributed by atoms with Crippen molar-refractivity contribution in [3.63, 3.8) is 0 Å². The van der Waals surface area contributed by atoms with Crippen LogP contribution in [0, 0.1) is 0 Å². The number of para-hydroxylation sites is 4. The van der Waals surface area contributed by atoms with Crippen molar-refractivity contribution in [2.24, 2.45) is 0 Å². The molecule has 0 spiro atoms. The van der Waals surface area contributed by atoms with E-state index in [1.165, 1.54) is 10.8 Å². The molecule has 1 aliphatic rings. The van der Waals surface area contributed by atoms with Gasteiger partial charge in [-0.1, -0.05) is 152 Å². The van der Waals surface area contributed by atoms with Crippen LogP contribution in [0.5, 0.6) is 0 Å². The van der Waals surface area contributed by atoms with Crippen molar-refractivity contribution in [2.45, 2.75) is 12.4 Å². The number of hydrogen-bond acceptors (Lipinski definition) is 5. The quantitative estimate of drug-likeness (QED) is 0.136. The van der Waals surface area contributed by atoms with E-state index in [0.29, 0.717) is 0 Å². The van der Waals surface area contributed by atoms with Gasteiger partial charge in [-0.05, 0) is 143 Å². The standard InChI is InChI=1S/C62H47N5O/c1-6-16-47(17-7-1)62-63-61(64-68-62)46-30-38-56(39-31-46)67-59-40-32-48(44-26-34-54(35-27-44)65(50-18-8-2-9-19-50)51-20-10-3-11-21-51)42-57(59)58-43-49(33-41-60(58)67)45-28-36-55(37-29-45)66(52-22-12-4-13-23-52)53-24-14-5-15-25-53/h1-43,61-64H. The lowest BCUT2D eigenvalue weighted by Crippen LogP contribution is -2.22. The van der Waals surface area contributed by atoms with Crippen LogP contribution in [-0.2, 0) is 4.84 Å². The zero-order chi connectivity index (χ0) is 45.2. The lowest BCUT2D eigenvalue weighted by Gasteiger charge is -2.25. The van der Waals surface area contributed by atoms with E-state index in [4.69, 9.17) is 4.84 Å². The van der Waals surface area contributed by atoms with Gasteiger partial charge in [0.15, 0.2) is 6.23 Å². The zero-order valence-electron chi connectivity index (χ0n) is 37.2. The molecule has 326 valence electrons. The third-order valence-corrected chi connectivity index (χ3v) is 12.9. The lowest BCUT2D eigenvalue weighted by molar-refractivity contribution is 0.0214. The van der Waals surface area contributed by atoms with Crippen LogP contribution < -0.4 is 20.6 Å². The van der Waals surface area contributed by atoms with Gasteiger partial charge in [-0.25, -0.2) is 0 Å². The highest BCUT2D eigenvalue weighted by molar-refractivity contribution is 6.11. The number of aromatic nitrogens is 1. The summed E-state index contributed by atoms with van der Waals surface area (Å²) in [7, 11) is 0. The average Bonchev–Trinajstić information content (AvgIpc) is 4.04. The molecule has 68 heavy (non-hydrogen) atoms. The Kier molecular flexibility index (Phi) is 10.9. The Morgan fingerprint density at radius 2 is 0.706 bits per heavy atom. The van der Waals surface area contributed by atoms with Crippen LogP contribution in [0.3, 0.4) is 0 Å². The number of rotatable bonds is 11. The predicted molar refractivity (Wildman–Crippen MR) is 280 cm³/mol. The van der Waals surface area contributed by atoms with Gasteiger partial charge in [-0.15, -0.1) is 0 Å². The maximum absolute atomic E-state index is 5.97. The highest BCUT2D eigenvalue weighted by atomic mass is 16.7. The summed E-state index contributed by atoms with van der Waals surface area (Å²) in [6.45, 7) is 0. The Balaban J connectivity index is 0.925. The Morgan fingerprint density at radius 3 is 1.12 bits per heavy atom. The van der Waals surface area contributed by atoms with E-state index in [2.05, 4.69) is 268 Å². The Morgan fingerprint density at radius 1 is 0.338 bits per heavy atom. The molecule has 0 bridgehead atoms. The topological polar surface area (TPSA) is 44.7 Å². The smallest absolute Gasteiger partial charge is 0.156 e. The second-order valence-corrected chi connectivity index (χ2v) is 17.1. The van der Waals surface area contributed by atoms with Crippen molar-refractivity contribution >= 4 is 55.9 Å². The van der Waals surface area contributed by atoms with E-state index < -0.39 is 0 Å². The summed E-state index contributed by atoms with van der Waals surface area (Å²) in [6.07, 6.45) is -0.373. The van der Waals surface area contributed by atoms with Gasteiger partial charge >= 0.3 is 0 Å². The van der Waals surface area contributed by atoms with E-state index >= 15 is 0 Å². The second-order valence-electron chi connectivity index (χ2n) is 17.1. The van der Waals surface area contributed by atoms with Crippen LogP contribution in [0.25, 0.3) is 49.7 Å². The minimum absolute atomic E-state index is 0.143. The van der Waals surface area contributed by atoms with Crippen molar-refractivity contribution in [1.82, 2.24) is 15.4 Å². The minimum Gasteiger partial charge on any atom is -0.311 e. The summed E-state index contributed by atoms with van der Waals surface area (Å²) in [5.41, 5.74) is 20.1. The Hall–Kier alpha value is -8.52. The maximum atomic E-state index is 5.97. The normalized spacial score (nSPS) is 14.6. The third kappa shape index (κ3) is 7.89. The summed E-state index contributed by atoms with van der Waals surface area (Å²) < 4.78 is 2.39. The molecule has 6 heteroatoms. The first-order chi connectivity index (χ1) is 33.7. The zero-order valence-corrected chi connectivity index (χ0v) is 37.2. The van der Waals surface area contributed by atoms with Gasteiger partial charge in [-0.2, -0.15) is 5.48 Å². The van der Waals surface area contributed by atoms with Gasteiger partial charge in [0, 0.05) is 50.6 Å². The summed E-state index contributed by atoms with van der Waals surface area (Å²) in [5, 5.41) is 5.97. The number of hydroxylamine groups is 1. The molecule has 1 aliphatic heterocycles. The summed E-state index contributed by atoms with van der Waals surface area (Å²) in [6, 6.07) is 92.9. The second kappa shape index (κ2) is 18.0. The molecule has 11 aromatic rings. The molecular formula is C62H47N5O. The first kappa shape index (κ1) is 40.9. The number of nitrogens with zero attached hydrogens (tertiary/aromatic N) is 3. The fraction of sp³-hybridized carbons (Fsp3) is 0.0323. The van der Waals surface area contributed by atoms with Crippen molar-refractivity contribution in [1.29, 1.82) is 0 Å². The minimum atomic E-state index is -0.229. The lowest BCUT2D eigenvalue weighted by atomic mass is 9.99. The van der Waals surface area contributed by atoms with Gasteiger partial charge in [-0.3, -0.25) is 10.2 Å². The molecule has 6 nitrogen and oxygen atoms in total. The van der Waals surface area contributed by atoms with E-state index in [0.717, 1.165) is 84.2 Å². The molecular weight excluding hydrogens is 831 g/mol. The molecule has 0 radical (unpaired) electrons. The number of anilines is 6. The number of nitrogens with one attached hydrogen (secondary N) is 2. The SMILES string of the molecule is c1ccc(C2NC(c3ccc(-n4c5ccc(-c6ccc(N(c7ccccc7)c7ccccc7)cc6)cc5c5cc(-c6ccc(N(c7ccccc7)c7ccccc7)cc6)ccc54)cc3)NO2)cc1. The first-order valence-electron chi connectivity index (χ1n) is 23.1. The molecule has 2 heterocycles. The van der Waals surface area contributed by atoms with Crippen LogP contribution in [0.15, 0.2) is 261 Å². The predicted octanol–water partition coefficient (Wildman–Crippen LogP) is 15.9. The number of benzene rings is 10. The fourth-order valence-corrected chi connectivity index (χ4v) is 9.60. The third-order valence-electron chi connectivity index (χ3n) is 12.9. The molecule has 2 N–H and O–H groups in total. The molecule has 1 saturated heterocycles. The van der Waals surface area contributed by atoms with Crippen LogP contribution in [-0.4, -0.2) is 4.57 Å². The molecule has 12 rings (SSSR count). The van der Waals surface area contributed by atoms with E-state index in [1.807, 2.05) is 18.2 Å². The van der Waals surface area contributed by atoms with Crippen molar-refractivity contribution in [2.75, 3.05) is 9.80 Å². The highest BCUT2D eigenvalue weighted by Crippen LogP contribution is 2.41. The van der Waals surface area contributed by atoms with Crippen molar-refractivity contribution in [3.8, 4) is 27.9 Å². The van der Waals surface area contributed by atoms with E-state index in [1.54, 1.807) is 0 Å². The molecule has 10 aromatic carbocycles.